The lowest BCUT2D eigenvalue weighted by atomic mass is 10.0. The molecule has 0 spiro atoms. The number of carboxylic acids is 1. The highest BCUT2D eigenvalue weighted by atomic mass is 35.5. The Labute approximate surface area is 117 Å². The van der Waals surface area contributed by atoms with Crippen LogP contribution in [-0.2, 0) is 16.0 Å². The molecule has 1 unspecified atom stereocenters. The third-order valence-corrected chi connectivity index (χ3v) is 3.02. The van der Waals surface area contributed by atoms with Gasteiger partial charge < -0.3 is 10.4 Å². The molecular weight excluding hydrogens is 266 g/mol. The van der Waals surface area contributed by atoms with E-state index in [-0.39, 0.29) is 18.2 Å². The molecule has 0 aliphatic rings. The second-order valence-electron chi connectivity index (χ2n) is 4.86. The van der Waals surface area contributed by atoms with Gasteiger partial charge in [-0.3, -0.25) is 4.79 Å². The molecule has 2 N–H and O–H groups in total. The fourth-order valence-corrected chi connectivity index (χ4v) is 1.96. The van der Waals surface area contributed by atoms with Crippen LogP contribution in [0.25, 0.3) is 0 Å². The molecule has 104 valence electrons. The highest BCUT2D eigenvalue weighted by Gasteiger charge is 2.21. The number of carbonyl (C=O) groups is 2. The van der Waals surface area contributed by atoms with Crippen LogP contribution in [0.5, 0.6) is 0 Å². The zero-order valence-electron chi connectivity index (χ0n) is 11.0. The minimum Gasteiger partial charge on any atom is -0.480 e. The summed E-state index contributed by atoms with van der Waals surface area (Å²) >= 11 is 5.96. The van der Waals surface area contributed by atoms with E-state index in [0.29, 0.717) is 17.0 Å². The summed E-state index contributed by atoms with van der Waals surface area (Å²) in [7, 11) is 0. The van der Waals surface area contributed by atoms with Gasteiger partial charge in [0.1, 0.15) is 6.04 Å². The van der Waals surface area contributed by atoms with Crippen LogP contribution in [0.15, 0.2) is 24.3 Å². The third kappa shape index (κ3) is 5.30. The fraction of sp³-hybridized carbons (Fsp3) is 0.429. The average Bonchev–Trinajstić information content (AvgIpc) is 2.30. The van der Waals surface area contributed by atoms with Crippen LogP contribution in [0.4, 0.5) is 0 Å². The average molecular weight is 284 g/mol. The predicted molar refractivity (Wildman–Crippen MR) is 74.2 cm³/mol. The van der Waals surface area contributed by atoms with Crippen molar-refractivity contribution in [3.8, 4) is 0 Å². The van der Waals surface area contributed by atoms with Crippen molar-refractivity contribution < 1.29 is 14.7 Å². The molecule has 1 rings (SSSR count). The topological polar surface area (TPSA) is 66.4 Å². The number of amides is 1. The molecule has 1 amide bonds. The van der Waals surface area contributed by atoms with Crippen molar-refractivity contribution in [2.45, 2.75) is 32.7 Å². The molecule has 0 bridgehead atoms. The van der Waals surface area contributed by atoms with Gasteiger partial charge in [0.25, 0.3) is 0 Å². The lowest BCUT2D eigenvalue weighted by Gasteiger charge is -2.16. The molecule has 0 radical (unpaired) electrons. The van der Waals surface area contributed by atoms with Crippen molar-refractivity contribution in [2.24, 2.45) is 5.92 Å². The van der Waals surface area contributed by atoms with Crippen LogP contribution in [0.3, 0.4) is 0 Å². The molecule has 4 nitrogen and oxygen atoms in total. The molecule has 0 aliphatic heterocycles. The summed E-state index contributed by atoms with van der Waals surface area (Å²) < 4.78 is 0. The zero-order valence-corrected chi connectivity index (χ0v) is 11.8. The maximum atomic E-state index is 11.8. The molecule has 19 heavy (non-hydrogen) atoms. The quantitative estimate of drug-likeness (QED) is 0.843. The summed E-state index contributed by atoms with van der Waals surface area (Å²) in [6, 6.07) is 6.17. The van der Waals surface area contributed by atoms with Crippen LogP contribution in [0.1, 0.15) is 25.8 Å². The number of nitrogens with one attached hydrogen (secondary N) is 1. The SMILES string of the molecule is CC(C)CC(NC(=O)Cc1ccccc1Cl)C(=O)O. The van der Waals surface area contributed by atoms with Crippen LogP contribution in [-0.4, -0.2) is 23.0 Å². The van der Waals surface area contributed by atoms with Gasteiger partial charge in [-0.1, -0.05) is 43.6 Å². The van der Waals surface area contributed by atoms with E-state index in [1.54, 1.807) is 24.3 Å². The highest BCUT2D eigenvalue weighted by Crippen LogP contribution is 2.15. The van der Waals surface area contributed by atoms with E-state index in [1.807, 2.05) is 13.8 Å². The largest absolute Gasteiger partial charge is 0.480 e. The van der Waals surface area contributed by atoms with Crippen molar-refractivity contribution in [2.75, 3.05) is 0 Å². The van der Waals surface area contributed by atoms with Crippen molar-refractivity contribution in [3.05, 3.63) is 34.9 Å². The minimum atomic E-state index is -1.01. The number of hydrogen-bond donors (Lipinski definition) is 2. The highest BCUT2D eigenvalue weighted by molar-refractivity contribution is 6.31. The maximum Gasteiger partial charge on any atom is 0.326 e. The smallest absolute Gasteiger partial charge is 0.326 e. The van der Waals surface area contributed by atoms with E-state index in [4.69, 9.17) is 16.7 Å². The summed E-state index contributed by atoms with van der Waals surface area (Å²) in [5.74, 6) is -1.15. The first-order chi connectivity index (χ1) is 8.90. The summed E-state index contributed by atoms with van der Waals surface area (Å²) in [5, 5.41) is 12.1. The molecule has 1 atom stereocenters. The molecule has 1 aromatic carbocycles. The first-order valence-electron chi connectivity index (χ1n) is 6.15. The molecule has 0 aromatic heterocycles. The minimum absolute atomic E-state index is 0.0849. The van der Waals surface area contributed by atoms with Gasteiger partial charge in [0.15, 0.2) is 0 Å². The molecule has 0 fully saturated rings. The summed E-state index contributed by atoms with van der Waals surface area (Å²) in [4.78, 5) is 22.9. The van der Waals surface area contributed by atoms with Gasteiger partial charge >= 0.3 is 5.97 Å². The monoisotopic (exact) mass is 283 g/mol. The van der Waals surface area contributed by atoms with Crippen molar-refractivity contribution in [3.63, 3.8) is 0 Å². The molecule has 0 saturated carbocycles. The summed E-state index contributed by atoms with van der Waals surface area (Å²) in [5.41, 5.74) is 0.690. The summed E-state index contributed by atoms with van der Waals surface area (Å²) in [6.07, 6.45) is 0.491. The van der Waals surface area contributed by atoms with Gasteiger partial charge in [0, 0.05) is 5.02 Å². The molecule has 5 heteroatoms. The van der Waals surface area contributed by atoms with Crippen LogP contribution >= 0.6 is 11.6 Å². The van der Waals surface area contributed by atoms with Gasteiger partial charge in [-0.2, -0.15) is 0 Å². The number of carboxylic acid groups (broad SMARTS) is 1. The number of halogens is 1. The van der Waals surface area contributed by atoms with Gasteiger partial charge in [-0.25, -0.2) is 4.79 Å². The Morgan fingerprint density at radius 3 is 2.47 bits per heavy atom. The third-order valence-electron chi connectivity index (χ3n) is 2.65. The second kappa shape index (κ2) is 7.14. The standard InChI is InChI=1S/C14H18ClNO3/c1-9(2)7-12(14(18)19)16-13(17)8-10-5-3-4-6-11(10)15/h3-6,9,12H,7-8H2,1-2H3,(H,16,17)(H,18,19). The van der Waals surface area contributed by atoms with Crippen LogP contribution in [0.2, 0.25) is 5.02 Å². The normalized spacial score (nSPS) is 12.2. The van der Waals surface area contributed by atoms with Crippen LogP contribution in [0, 0.1) is 5.92 Å². The second-order valence-corrected chi connectivity index (χ2v) is 5.26. The Hall–Kier alpha value is -1.55. The van der Waals surface area contributed by atoms with E-state index in [9.17, 15) is 9.59 Å². The maximum absolute atomic E-state index is 11.8. The summed E-state index contributed by atoms with van der Waals surface area (Å²) in [6.45, 7) is 3.83. The van der Waals surface area contributed by atoms with E-state index < -0.39 is 12.0 Å². The van der Waals surface area contributed by atoms with Crippen molar-refractivity contribution >= 4 is 23.5 Å². The zero-order chi connectivity index (χ0) is 14.4. The Morgan fingerprint density at radius 1 is 1.32 bits per heavy atom. The number of carbonyl (C=O) groups excluding carboxylic acids is 1. The van der Waals surface area contributed by atoms with Gasteiger partial charge in [0.05, 0.1) is 6.42 Å². The molecular formula is C14H18ClNO3. The van der Waals surface area contributed by atoms with Crippen molar-refractivity contribution in [1.29, 1.82) is 0 Å². The molecule has 1 aromatic rings. The van der Waals surface area contributed by atoms with Gasteiger partial charge in [-0.05, 0) is 24.0 Å². The predicted octanol–water partition coefficient (Wildman–Crippen LogP) is 2.50. The Kier molecular flexibility index (Phi) is 5.83. The van der Waals surface area contributed by atoms with E-state index in [2.05, 4.69) is 5.32 Å². The van der Waals surface area contributed by atoms with E-state index >= 15 is 0 Å². The van der Waals surface area contributed by atoms with E-state index in [1.165, 1.54) is 0 Å². The number of aliphatic carboxylic acids is 1. The first kappa shape index (κ1) is 15.5. The van der Waals surface area contributed by atoms with Gasteiger partial charge in [-0.15, -0.1) is 0 Å². The first-order valence-corrected chi connectivity index (χ1v) is 6.53. The van der Waals surface area contributed by atoms with Crippen LogP contribution < -0.4 is 5.32 Å². The molecule has 0 heterocycles. The Balaban J connectivity index is 2.63. The Bertz CT molecular complexity index is 460. The van der Waals surface area contributed by atoms with Crippen molar-refractivity contribution in [1.82, 2.24) is 5.32 Å². The number of benzene rings is 1. The molecule has 0 saturated heterocycles. The molecule has 0 aliphatic carbocycles. The fourth-order valence-electron chi connectivity index (χ4n) is 1.75. The lowest BCUT2D eigenvalue weighted by Crippen LogP contribution is -2.42. The van der Waals surface area contributed by atoms with Gasteiger partial charge in [0.2, 0.25) is 5.91 Å². The van der Waals surface area contributed by atoms with E-state index in [0.717, 1.165) is 0 Å². The Morgan fingerprint density at radius 2 is 1.95 bits per heavy atom. The lowest BCUT2D eigenvalue weighted by molar-refractivity contribution is -0.142. The number of rotatable bonds is 6. The number of hydrogen-bond acceptors (Lipinski definition) is 2.